The quantitative estimate of drug-likeness (QED) is 0.911. The maximum absolute atomic E-state index is 6.09. The lowest BCUT2D eigenvalue weighted by molar-refractivity contribution is 0.279. The Hall–Kier alpha value is -2.17. The van der Waals surface area contributed by atoms with Gasteiger partial charge in [-0.3, -0.25) is 0 Å². The number of anilines is 1. The smallest absolute Gasteiger partial charge is 0.236 e. The van der Waals surface area contributed by atoms with E-state index in [1.807, 2.05) is 31.3 Å². The SMILES string of the molecule is COc1cccc(COc2c(N)c(C(C)C)nn2C)c1. The van der Waals surface area contributed by atoms with Crippen molar-refractivity contribution in [3.05, 3.63) is 35.5 Å². The fraction of sp³-hybridized carbons (Fsp3) is 0.400. The molecule has 5 heteroatoms. The van der Waals surface area contributed by atoms with E-state index in [1.165, 1.54) is 0 Å². The van der Waals surface area contributed by atoms with E-state index >= 15 is 0 Å². The van der Waals surface area contributed by atoms with Crippen LogP contribution in [0.3, 0.4) is 0 Å². The van der Waals surface area contributed by atoms with Gasteiger partial charge in [0.25, 0.3) is 0 Å². The zero-order valence-corrected chi connectivity index (χ0v) is 12.4. The first-order valence-corrected chi connectivity index (χ1v) is 6.61. The highest BCUT2D eigenvalue weighted by molar-refractivity contribution is 5.54. The number of nitrogens with two attached hydrogens (primary N) is 1. The second-order valence-electron chi connectivity index (χ2n) is 5.02. The van der Waals surface area contributed by atoms with Crippen LogP contribution in [-0.2, 0) is 13.7 Å². The van der Waals surface area contributed by atoms with Gasteiger partial charge in [-0.1, -0.05) is 26.0 Å². The van der Waals surface area contributed by atoms with Gasteiger partial charge in [0.15, 0.2) is 0 Å². The van der Waals surface area contributed by atoms with Gasteiger partial charge >= 0.3 is 0 Å². The summed E-state index contributed by atoms with van der Waals surface area (Å²) < 4.78 is 12.7. The van der Waals surface area contributed by atoms with Crippen molar-refractivity contribution in [1.82, 2.24) is 9.78 Å². The average molecular weight is 275 g/mol. The molecule has 0 fully saturated rings. The maximum atomic E-state index is 6.09. The van der Waals surface area contributed by atoms with Crippen LogP contribution in [-0.4, -0.2) is 16.9 Å². The minimum atomic E-state index is 0.273. The third-order valence-electron chi connectivity index (χ3n) is 3.11. The molecule has 1 heterocycles. The van der Waals surface area contributed by atoms with Crippen LogP contribution in [0.2, 0.25) is 0 Å². The normalized spacial score (nSPS) is 10.8. The summed E-state index contributed by atoms with van der Waals surface area (Å²) in [5.74, 6) is 1.69. The predicted molar refractivity (Wildman–Crippen MR) is 79.0 cm³/mol. The molecule has 1 aromatic carbocycles. The first-order valence-electron chi connectivity index (χ1n) is 6.61. The fourth-order valence-electron chi connectivity index (χ4n) is 2.06. The van der Waals surface area contributed by atoms with E-state index in [9.17, 15) is 0 Å². The molecule has 0 atom stereocenters. The first-order chi connectivity index (χ1) is 9.52. The molecule has 0 aliphatic heterocycles. The van der Waals surface area contributed by atoms with Gasteiger partial charge in [-0.25, -0.2) is 4.68 Å². The lowest BCUT2D eigenvalue weighted by Gasteiger charge is -2.08. The lowest BCUT2D eigenvalue weighted by atomic mass is 10.1. The second-order valence-corrected chi connectivity index (χ2v) is 5.02. The average Bonchev–Trinajstić information content (AvgIpc) is 2.72. The van der Waals surface area contributed by atoms with Crippen molar-refractivity contribution in [2.45, 2.75) is 26.4 Å². The summed E-state index contributed by atoms with van der Waals surface area (Å²) in [6.07, 6.45) is 0. The number of hydrogen-bond acceptors (Lipinski definition) is 4. The fourth-order valence-corrected chi connectivity index (χ4v) is 2.06. The Morgan fingerprint density at radius 2 is 2.10 bits per heavy atom. The largest absolute Gasteiger partial charge is 0.497 e. The van der Waals surface area contributed by atoms with E-state index < -0.39 is 0 Å². The summed E-state index contributed by atoms with van der Waals surface area (Å²) in [4.78, 5) is 0. The van der Waals surface area contributed by atoms with Crippen LogP contribution in [0.5, 0.6) is 11.6 Å². The van der Waals surface area contributed by atoms with E-state index in [0.29, 0.717) is 18.2 Å². The van der Waals surface area contributed by atoms with Crippen LogP contribution >= 0.6 is 0 Å². The Balaban J connectivity index is 2.14. The van der Waals surface area contributed by atoms with Crippen molar-refractivity contribution in [2.24, 2.45) is 7.05 Å². The van der Waals surface area contributed by atoms with Crippen LogP contribution in [0.1, 0.15) is 31.0 Å². The van der Waals surface area contributed by atoms with E-state index in [1.54, 1.807) is 11.8 Å². The molecular formula is C15H21N3O2. The van der Waals surface area contributed by atoms with Gasteiger partial charge in [0.05, 0.1) is 12.8 Å². The van der Waals surface area contributed by atoms with Gasteiger partial charge in [0, 0.05) is 7.05 Å². The van der Waals surface area contributed by atoms with Crippen molar-refractivity contribution in [3.63, 3.8) is 0 Å². The number of nitrogens with zero attached hydrogens (tertiary/aromatic N) is 2. The first kappa shape index (κ1) is 14.2. The van der Waals surface area contributed by atoms with Crippen molar-refractivity contribution >= 4 is 5.69 Å². The molecule has 0 saturated carbocycles. The third-order valence-corrected chi connectivity index (χ3v) is 3.11. The van der Waals surface area contributed by atoms with Gasteiger partial charge in [-0.15, -0.1) is 0 Å². The molecule has 108 valence electrons. The molecule has 0 unspecified atom stereocenters. The number of rotatable bonds is 5. The summed E-state index contributed by atoms with van der Waals surface area (Å²) in [6.45, 7) is 4.55. The van der Waals surface area contributed by atoms with E-state index in [4.69, 9.17) is 15.2 Å². The topological polar surface area (TPSA) is 62.3 Å². The number of hydrogen-bond donors (Lipinski definition) is 1. The molecule has 0 saturated heterocycles. The molecule has 2 N–H and O–H groups in total. The number of aromatic nitrogens is 2. The Bertz CT molecular complexity index is 591. The minimum Gasteiger partial charge on any atom is -0.497 e. The zero-order valence-electron chi connectivity index (χ0n) is 12.4. The molecule has 0 radical (unpaired) electrons. The van der Waals surface area contributed by atoms with E-state index in [0.717, 1.165) is 17.0 Å². The van der Waals surface area contributed by atoms with Crippen molar-refractivity contribution in [2.75, 3.05) is 12.8 Å². The van der Waals surface area contributed by atoms with Gasteiger partial charge in [0.2, 0.25) is 5.88 Å². The van der Waals surface area contributed by atoms with E-state index in [2.05, 4.69) is 18.9 Å². The molecular weight excluding hydrogens is 254 g/mol. The van der Waals surface area contributed by atoms with Gasteiger partial charge in [0.1, 0.15) is 18.0 Å². The van der Waals surface area contributed by atoms with Gasteiger partial charge < -0.3 is 15.2 Å². The van der Waals surface area contributed by atoms with Crippen molar-refractivity contribution in [3.8, 4) is 11.6 Å². The zero-order chi connectivity index (χ0) is 14.7. The number of aryl methyl sites for hydroxylation is 1. The molecule has 0 bridgehead atoms. The molecule has 0 aliphatic rings. The number of benzene rings is 1. The molecule has 0 amide bonds. The highest BCUT2D eigenvalue weighted by Crippen LogP contribution is 2.30. The minimum absolute atomic E-state index is 0.273. The van der Waals surface area contributed by atoms with Crippen molar-refractivity contribution < 1.29 is 9.47 Å². The number of methoxy groups -OCH3 is 1. The highest BCUT2D eigenvalue weighted by Gasteiger charge is 2.17. The maximum Gasteiger partial charge on any atom is 0.236 e. The Morgan fingerprint density at radius 1 is 1.35 bits per heavy atom. The lowest BCUT2D eigenvalue weighted by Crippen LogP contribution is -2.02. The summed E-state index contributed by atoms with van der Waals surface area (Å²) in [6, 6.07) is 7.76. The Morgan fingerprint density at radius 3 is 2.70 bits per heavy atom. The van der Waals surface area contributed by atoms with Crippen LogP contribution < -0.4 is 15.2 Å². The second kappa shape index (κ2) is 5.86. The van der Waals surface area contributed by atoms with E-state index in [-0.39, 0.29) is 5.92 Å². The van der Waals surface area contributed by atoms with Crippen LogP contribution in [0.25, 0.3) is 0 Å². The summed E-state index contributed by atoms with van der Waals surface area (Å²) in [7, 11) is 3.48. The van der Waals surface area contributed by atoms with Crippen LogP contribution in [0.15, 0.2) is 24.3 Å². The standard InChI is InChI=1S/C15H21N3O2/c1-10(2)14-13(16)15(18(3)17-14)20-9-11-6-5-7-12(8-11)19-4/h5-8,10H,9,16H2,1-4H3. The molecule has 20 heavy (non-hydrogen) atoms. The predicted octanol–water partition coefficient (Wildman–Crippen LogP) is 2.71. The van der Waals surface area contributed by atoms with Crippen LogP contribution in [0, 0.1) is 0 Å². The van der Waals surface area contributed by atoms with Crippen LogP contribution in [0.4, 0.5) is 5.69 Å². The van der Waals surface area contributed by atoms with Gasteiger partial charge in [-0.05, 0) is 23.6 Å². The third kappa shape index (κ3) is 2.87. The molecule has 2 rings (SSSR count). The summed E-state index contributed by atoms with van der Waals surface area (Å²) in [5, 5.41) is 4.40. The molecule has 5 nitrogen and oxygen atoms in total. The number of ether oxygens (including phenoxy) is 2. The van der Waals surface area contributed by atoms with Crippen molar-refractivity contribution in [1.29, 1.82) is 0 Å². The monoisotopic (exact) mass is 275 g/mol. The summed E-state index contributed by atoms with van der Waals surface area (Å²) in [5.41, 5.74) is 8.60. The number of nitrogen functional groups attached to an aromatic ring is 1. The molecule has 1 aromatic heterocycles. The highest BCUT2D eigenvalue weighted by atomic mass is 16.5. The molecule has 0 spiro atoms. The summed E-state index contributed by atoms with van der Waals surface area (Å²) >= 11 is 0. The Labute approximate surface area is 119 Å². The Kier molecular flexibility index (Phi) is 4.17. The van der Waals surface area contributed by atoms with Gasteiger partial charge in [-0.2, -0.15) is 5.10 Å². The molecule has 2 aromatic rings. The molecule has 0 aliphatic carbocycles.